The lowest BCUT2D eigenvalue weighted by Crippen LogP contribution is -2.21. The molecule has 0 atom stereocenters. The van der Waals surface area contributed by atoms with E-state index < -0.39 is 0 Å². The van der Waals surface area contributed by atoms with Crippen molar-refractivity contribution in [2.45, 2.75) is 6.92 Å². The van der Waals surface area contributed by atoms with E-state index in [4.69, 9.17) is 12.2 Å². The lowest BCUT2D eigenvalue weighted by molar-refractivity contribution is -0.115. The number of hydrogen-bond donors (Lipinski definition) is 3. The van der Waals surface area contributed by atoms with Gasteiger partial charge in [-0.25, -0.2) is 0 Å². The number of rotatable bonds is 2. The molecular formula is C12H11N3O2S. The molecule has 3 N–H and O–H groups in total. The topological polar surface area (TPSA) is 70.2 Å². The Hall–Kier alpha value is -2.21. The normalized spacial score (nSPS) is 16.4. The minimum Gasteiger partial charge on any atom is -0.328 e. The zero-order chi connectivity index (χ0) is 13.1. The fraction of sp³-hybridized carbons (Fsp3) is 0.0833. The van der Waals surface area contributed by atoms with Gasteiger partial charge in [-0.3, -0.25) is 14.9 Å². The van der Waals surface area contributed by atoms with E-state index in [-0.39, 0.29) is 11.8 Å². The number of hydrogen-bond acceptors (Lipinski definition) is 3. The third-order valence-corrected chi connectivity index (χ3v) is 2.47. The molecule has 1 aromatic carbocycles. The second kappa shape index (κ2) is 4.97. The summed E-state index contributed by atoms with van der Waals surface area (Å²) in [4.78, 5) is 22.3. The first-order valence-corrected chi connectivity index (χ1v) is 5.67. The standard InChI is InChI=1S/C12H11N3O2S/c1-7(16)13-9-4-2-8(3-5-9)6-10-11(17)15-12(18)14-10/h2-6H,1H3,(H,13,16)(H2,14,15,17,18). The van der Waals surface area contributed by atoms with Crippen LogP contribution < -0.4 is 16.0 Å². The van der Waals surface area contributed by atoms with Crippen LogP contribution in [0.4, 0.5) is 5.69 Å². The van der Waals surface area contributed by atoms with Gasteiger partial charge in [0, 0.05) is 12.6 Å². The molecule has 1 aromatic rings. The third-order valence-electron chi connectivity index (χ3n) is 2.26. The van der Waals surface area contributed by atoms with Crippen molar-refractivity contribution in [2.24, 2.45) is 0 Å². The zero-order valence-corrected chi connectivity index (χ0v) is 10.4. The SMILES string of the molecule is CC(=O)Nc1ccc(C=C2NC(=S)NC2=O)cc1. The van der Waals surface area contributed by atoms with Gasteiger partial charge in [-0.1, -0.05) is 12.1 Å². The van der Waals surface area contributed by atoms with Gasteiger partial charge < -0.3 is 10.6 Å². The zero-order valence-electron chi connectivity index (χ0n) is 9.61. The quantitative estimate of drug-likeness (QED) is 0.548. The van der Waals surface area contributed by atoms with E-state index in [1.807, 2.05) is 0 Å². The second-order valence-corrected chi connectivity index (χ2v) is 4.18. The molecule has 0 radical (unpaired) electrons. The Kier molecular flexibility index (Phi) is 3.38. The Labute approximate surface area is 109 Å². The Bertz CT molecular complexity index is 549. The minimum atomic E-state index is -0.245. The van der Waals surface area contributed by atoms with Gasteiger partial charge in [0.15, 0.2) is 5.11 Å². The molecule has 1 aliphatic heterocycles. The molecule has 2 rings (SSSR count). The highest BCUT2D eigenvalue weighted by Gasteiger charge is 2.19. The van der Waals surface area contributed by atoms with Crippen molar-refractivity contribution in [3.05, 3.63) is 35.5 Å². The lowest BCUT2D eigenvalue weighted by Gasteiger charge is -2.02. The number of carbonyl (C=O) groups is 2. The summed E-state index contributed by atoms with van der Waals surface area (Å²) in [6.45, 7) is 1.45. The number of benzene rings is 1. The van der Waals surface area contributed by atoms with Crippen LogP contribution in [-0.2, 0) is 9.59 Å². The minimum absolute atomic E-state index is 0.122. The van der Waals surface area contributed by atoms with Gasteiger partial charge in [-0.05, 0) is 36.0 Å². The van der Waals surface area contributed by atoms with Crippen LogP contribution >= 0.6 is 12.2 Å². The summed E-state index contributed by atoms with van der Waals surface area (Å²) >= 11 is 4.83. The van der Waals surface area contributed by atoms with Gasteiger partial charge in [0.25, 0.3) is 5.91 Å². The molecule has 1 aliphatic rings. The Balaban J connectivity index is 2.15. The van der Waals surface area contributed by atoms with E-state index >= 15 is 0 Å². The largest absolute Gasteiger partial charge is 0.328 e. The highest BCUT2D eigenvalue weighted by Crippen LogP contribution is 2.13. The average molecular weight is 261 g/mol. The van der Waals surface area contributed by atoms with Crippen molar-refractivity contribution in [2.75, 3.05) is 5.32 Å². The van der Waals surface area contributed by atoms with E-state index in [0.717, 1.165) is 5.56 Å². The molecule has 0 aromatic heterocycles. The maximum absolute atomic E-state index is 11.4. The second-order valence-electron chi connectivity index (χ2n) is 3.77. The summed E-state index contributed by atoms with van der Waals surface area (Å²) < 4.78 is 0. The first-order valence-electron chi connectivity index (χ1n) is 5.26. The van der Waals surface area contributed by atoms with Crippen molar-refractivity contribution in [1.82, 2.24) is 10.6 Å². The molecule has 2 amide bonds. The van der Waals surface area contributed by atoms with E-state index in [2.05, 4.69) is 16.0 Å². The molecule has 0 unspecified atom stereocenters. The molecule has 6 heteroatoms. The van der Waals surface area contributed by atoms with Crippen molar-refractivity contribution in [3.8, 4) is 0 Å². The van der Waals surface area contributed by atoms with E-state index in [1.165, 1.54) is 6.92 Å². The Morgan fingerprint density at radius 3 is 2.44 bits per heavy atom. The molecule has 1 saturated heterocycles. The summed E-state index contributed by atoms with van der Waals surface area (Å²) in [5, 5.41) is 8.21. The number of anilines is 1. The van der Waals surface area contributed by atoms with E-state index in [1.54, 1.807) is 30.3 Å². The first-order chi connectivity index (χ1) is 8.54. The molecule has 1 fully saturated rings. The van der Waals surface area contributed by atoms with Gasteiger partial charge in [0.1, 0.15) is 5.70 Å². The predicted molar refractivity (Wildman–Crippen MR) is 72.6 cm³/mol. The maximum Gasteiger partial charge on any atom is 0.273 e. The van der Waals surface area contributed by atoms with Gasteiger partial charge in [0.2, 0.25) is 5.91 Å². The van der Waals surface area contributed by atoms with Gasteiger partial charge >= 0.3 is 0 Å². The van der Waals surface area contributed by atoms with Crippen molar-refractivity contribution in [3.63, 3.8) is 0 Å². The van der Waals surface area contributed by atoms with Crippen LogP contribution in [-0.4, -0.2) is 16.9 Å². The third kappa shape index (κ3) is 2.92. The van der Waals surface area contributed by atoms with E-state index in [0.29, 0.717) is 16.5 Å². The van der Waals surface area contributed by atoms with Crippen LogP contribution in [0.1, 0.15) is 12.5 Å². The highest BCUT2D eigenvalue weighted by molar-refractivity contribution is 7.80. The molecule has 0 saturated carbocycles. The number of carbonyl (C=O) groups excluding carboxylic acids is 2. The van der Waals surface area contributed by atoms with Crippen LogP contribution in [0.2, 0.25) is 0 Å². The van der Waals surface area contributed by atoms with Crippen molar-refractivity contribution < 1.29 is 9.59 Å². The molecule has 92 valence electrons. The molecule has 0 aliphatic carbocycles. The van der Waals surface area contributed by atoms with Crippen LogP contribution in [0.25, 0.3) is 6.08 Å². The van der Waals surface area contributed by atoms with Crippen molar-refractivity contribution in [1.29, 1.82) is 0 Å². The Morgan fingerprint density at radius 2 is 1.94 bits per heavy atom. The number of amides is 2. The molecule has 1 heterocycles. The maximum atomic E-state index is 11.4. The fourth-order valence-electron chi connectivity index (χ4n) is 1.52. The predicted octanol–water partition coefficient (Wildman–Crippen LogP) is 0.990. The van der Waals surface area contributed by atoms with Crippen LogP contribution in [0.3, 0.4) is 0 Å². The van der Waals surface area contributed by atoms with Gasteiger partial charge in [-0.2, -0.15) is 0 Å². The molecule has 5 nitrogen and oxygen atoms in total. The van der Waals surface area contributed by atoms with Crippen LogP contribution in [0.15, 0.2) is 30.0 Å². The summed E-state index contributed by atoms with van der Waals surface area (Å²) in [7, 11) is 0. The molecular weight excluding hydrogens is 250 g/mol. The van der Waals surface area contributed by atoms with E-state index in [9.17, 15) is 9.59 Å². The smallest absolute Gasteiger partial charge is 0.273 e. The highest BCUT2D eigenvalue weighted by atomic mass is 32.1. The van der Waals surface area contributed by atoms with Gasteiger partial charge in [-0.15, -0.1) is 0 Å². The lowest BCUT2D eigenvalue weighted by atomic mass is 10.1. The van der Waals surface area contributed by atoms with Gasteiger partial charge in [0.05, 0.1) is 0 Å². The summed E-state index contributed by atoms with van der Waals surface area (Å²) in [5.41, 5.74) is 1.96. The fourth-order valence-corrected chi connectivity index (χ4v) is 1.72. The summed E-state index contributed by atoms with van der Waals surface area (Å²) in [6, 6.07) is 7.13. The Morgan fingerprint density at radius 1 is 1.28 bits per heavy atom. The summed E-state index contributed by atoms with van der Waals surface area (Å²) in [5.74, 6) is -0.366. The molecule has 0 bridgehead atoms. The average Bonchev–Trinajstić information content (AvgIpc) is 2.59. The molecule has 0 spiro atoms. The number of thiocarbonyl (C=S) groups is 1. The van der Waals surface area contributed by atoms with Crippen molar-refractivity contribution >= 4 is 40.9 Å². The first kappa shape index (κ1) is 12.3. The molecule has 18 heavy (non-hydrogen) atoms. The van der Waals surface area contributed by atoms with Crippen LogP contribution in [0, 0.1) is 0 Å². The number of nitrogens with one attached hydrogen (secondary N) is 3. The summed E-state index contributed by atoms with van der Waals surface area (Å²) in [6.07, 6.45) is 1.69. The van der Waals surface area contributed by atoms with Crippen LogP contribution in [0.5, 0.6) is 0 Å². The monoisotopic (exact) mass is 261 g/mol.